The Morgan fingerprint density at radius 3 is 1.25 bits per heavy atom. The summed E-state index contributed by atoms with van der Waals surface area (Å²) in [5.41, 5.74) is 11.0. The van der Waals surface area contributed by atoms with Gasteiger partial charge >= 0.3 is 0 Å². The summed E-state index contributed by atoms with van der Waals surface area (Å²) >= 11 is 0. The van der Waals surface area contributed by atoms with E-state index in [9.17, 15) is 0 Å². The third-order valence-corrected chi connectivity index (χ3v) is 4.82. The molecule has 0 amide bonds. The zero-order valence-electron chi connectivity index (χ0n) is 15.2. The molecule has 0 saturated heterocycles. The van der Waals surface area contributed by atoms with E-state index in [0.29, 0.717) is 0 Å². The molecule has 0 aliphatic carbocycles. The Labute approximate surface area is 146 Å². The Hall–Kier alpha value is -2.34. The molecule has 0 aromatic heterocycles. The summed E-state index contributed by atoms with van der Waals surface area (Å²) < 4.78 is 0. The van der Waals surface area contributed by atoms with Gasteiger partial charge in [0.15, 0.2) is 0 Å². The Kier molecular flexibility index (Phi) is 4.85. The van der Waals surface area contributed by atoms with Crippen LogP contribution >= 0.6 is 0 Å². The smallest absolute Gasteiger partial charge is 0.00230 e. The first-order valence-corrected chi connectivity index (χ1v) is 8.71. The fourth-order valence-corrected chi connectivity index (χ4v) is 3.20. The molecule has 3 rings (SSSR count). The van der Waals surface area contributed by atoms with Crippen molar-refractivity contribution in [2.45, 2.75) is 40.5 Å². The zero-order chi connectivity index (χ0) is 17.1. The van der Waals surface area contributed by atoms with Crippen molar-refractivity contribution in [2.24, 2.45) is 0 Å². The lowest BCUT2D eigenvalue weighted by molar-refractivity contribution is 1.11. The van der Waals surface area contributed by atoms with Gasteiger partial charge in [-0.05, 0) is 73.9 Å². The first-order chi connectivity index (χ1) is 11.5. The largest absolute Gasteiger partial charge is 0.0590 e. The van der Waals surface area contributed by atoms with Crippen molar-refractivity contribution in [2.75, 3.05) is 0 Å². The minimum absolute atomic E-state index is 1.01. The molecule has 0 heterocycles. The van der Waals surface area contributed by atoms with Gasteiger partial charge in [-0.2, -0.15) is 0 Å². The molecular formula is C24H26. The minimum atomic E-state index is 1.01. The second-order valence-corrected chi connectivity index (χ2v) is 7.03. The first-order valence-electron chi connectivity index (χ1n) is 8.71. The van der Waals surface area contributed by atoms with Gasteiger partial charge in [-0.25, -0.2) is 0 Å². The van der Waals surface area contributed by atoms with E-state index in [1.54, 1.807) is 0 Å². The van der Waals surface area contributed by atoms with Crippen molar-refractivity contribution in [3.8, 4) is 0 Å². The Morgan fingerprint density at radius 1 is 0.500 bits per heavy atom. The number of benzene rings is 3. The maximum absolute atomic E-state index is 2.30. The molecule has 0 atom stereocenters. The third-order valence-electron chi connectivity index (χ3n) is 4.82. The highest BCUT2D eigenvalue weighted by Gasteiger charge is 2.04. The molecular weight excluding hydrogens is 288 g/mol. The first kappa shape index (κ1) is 16.5. The number of rotatable bonds is 4. The normalized spacial score (nSPS) is 10.8. The molecule has 0 heteroatoms. The molecule has 3 aromatic carbocycles. The van der Waals surface area contributed by atoms with E-state index in [0.717, 1.165) is 12.8 Å². The third kappa shape index (κ3) is 3.94. The van der Waals surface area contributed by atoms with E-state index >= 15 is 0 Å². The van der Waals surface area contributed by atoms with Crippen molar-refractivity contribution < 1.29 is 0 Å². The fraction of sp³-hybridized carbons (Fsp3) is 0.250. The van der Waals surface area contributed by atoms with Crippen molar-refractivity contribution >= 4 is 0 Å². The van der Waals surface area contributed by atoms with Crippen molar-refractivity contribution in [1.29, 1.82) is 0 Å². The summed E-state index contributed by atoms with van der Waals surface area (Å²) in [7, 11) is 0. The maximum Gasteiger partial charge on any atom is -0.00230 e. The van der Waals surface area contributed by atoms with Gasteiger partial charge in [-0.1, -0.05) is 71.8 Å². The highest BCUT2D eigenvalue weighted by atomic mass is 14.1. The van der Waals surface area contributed by atoms with Gasteiger partial charge in [-0.3, -0.25) is 0 Å². The van der Waals surface area contributed by atoms with Gasteiger partial charge in [0.05, 0.1) is 0 Å². The van der Waals surface area contributed by atoms with Crippen molar-refractivity contribution in [3.63, 3.8) is 0 Å². The summed E-state index contributed by atoms with van der Waals surface area (Å²) in [5.74, 6) is 0. The topological polar surface area (TPSA) is 0 Å². The number of hydrogen-bond acceptors (Lipinski definition) is 0. The molecule has 0 unspecified atom stereocenters. The molecule has 122 valence electrons. The van der Waals surface area contributed by atoms with Crippen LogP contribution < -0.4 is 0 Å². The molecule has 0 aliphatic heterocycles. The maximum atomic E-state index is 2.30. The van der Waals surface area contributed by atoms with E-state index in [4.69, 9.17) is 0 Å². The second-order valence-electron chi connectivity index (χ2n) is 7.03. The lowest BCUT2D eigenvalue weighted by atomic mass is 9.95. The van der Waals surface area contributed by atoms with Gasteiger partial charge in [-0.15, -0.1) is 0 Å². The zero-order valence-corrected chi connectivity index (χ0v) is 15.2. The molecule has 0 N–H and O–H groups in total. The molecule has 0 nitrogen and oxygen atoms in total. The molecule has 0 saturated carbocycles. The van der Waals surface area contributed by atoms with Crippen LogP contribution in [0, 0.1) is 27.7 Å². The highest BCUT2D eigenvalue weighted by Crippen LogP contribution is 2.19. The summed E-state index contributed by atoms with van der Waals surface area (Å²) in [4.78, 5) is 0. The summed E-state index contributed by atoms with van der Waals surface area (Å²) in [6.45, 7) is 8.72. The minimum Gasteiger partial charge on any atom is -0.0590 e. The van der Waals surface area contributed by atoms with Crippen molar-refractivity contribution in [1.82, 2.24) is 0 Å². The molecule has 0 aliphatic rings. The molecule has 0 spiro atoms. The molecule has 0 bridgehead atoms. The van der Waals surface area contributed by atoms with E-state index in [-0.39, 0.29) is 0 Å². The molecule has 3 aromatic rings. The average Bonchev–Trinajstić information content (AvgIpc) is 2.56. The predicted octanol–water partition coefficient (Wildman–Crippen LogP) is 6.10. The SMILES string of the molecule is Cc1ccc(C)c(Cc2ccc(Cc3cc(C)ccc3C)cc2)c1. The van der Waals surface area contributed by atoms with Crippen LogP contribution in [0.3, 0.4) is 0 Å². The van der Waals surface area contributed by atoms with E-state index in [1.807, 2.05) is 0 Å². The van der Waals surface area contributed by atoms with E-state index in [1.165, 1.54) is 44.5 Å². The van der Waals surface area contributed by atoms with Crippen LogP contribution in [0.5, 0.6) is 0 Å². The Morgan fingerprint density at radius 2 is 0.875 bits per heavy atom. The van der Waals surface area contributed by atoms with Crippen molar-refractivity contribution in [3.05, 3.63) is 105 Å². The van der Waals surface area contributed by atoms with Crippen LogP contribution in [0.15, 0.2) is 60.7 Å². The molecule has 24 heavy (non-hydrogen) atoms. The van der Waals surface area contributed by atoms with Gasteiger partial charge in [0.1, 0.15) is 0 Å². The predicted molar refractivity (Wildman–Crippen MR) is 104 cm³/mol. The van der Waals surface area contributed by atoms with Crippen LogP contribution in [-0.2, 0) is 12.8 Å². The monoisotopic (exact) mass is 314 g/mol. The summed E-state index contributed by atoms with van der Waals surface area (Å²) in [6, 6.07) is 22.5. The lowest BCUT2D eigenvalue weighted by Crippen LogP contribution is -1.95. The Balaban J connectivity index is 1.76. The summed E-state index contributed by atoms with van der Waals surface area (Å²) in [5, 5.41) is 0. The van der Waals surface area contributed by atoms with Crippen LogP contribution in [0.1, 0.15) is 44.5 Å². The van der Waals surface area contributed by atoms with Gasteiger partial charge in [0.25, 0.3) is 0 Å². The number of aryl methyl sites for hydroxylation is 4. The Bertz CT molecular complexity index is 766. The fourth-order valence-electron chi connectivity index (χ4n) is 3.20. The average molecular weight is 314 g/mol. The lowest BCUT2D eigenvalue weighted by Gasteiger charge is -2.10. The molecule has 0 fully saturated rings. The van der Waals surface area contributed by atoms with E-state index < -0.39 is 0 Å². The van der Waals surface area contributed by atoms with Gasteiger partial charge in [0, 0.05) is 0 Å². The van der Waals surface area contributed by atoms with Crippen LogP contribution in [0.2, 0.25) is 0 Å². The number of hydrogen-bond donors (Lipinski definition) is 0. The standard InChI is InChI=1S/C24H26/c1-17-5-7-19(3)23(13-17)15-21-9-11-22(12-10-21)16-24-14-18(2)6-8-20(24)4/h5-14H,15-16H2,1-4H3. The van der Waals surface area contributed by atoms with Gasteiger partial charge in [0.2, 0.25) is 0 Å². The van der Waals surface area contributed by atoms with Crippen LogP contribution in [-0.4, -0.2) is 0 Å². The second kappa shape index (κ2) is 7.05. The van der Waals surface area contributed by atoms with Crippen LogP contribution in [0.4, 0.5) is 0 Å². The van der Waals surface area contributed by atoms with E-state index in [2.05, 4.69) is 88.4 Å². The highest BCUT2D eigenvalue weighted by molar-refractivity contribution is 5.38. The quantitative estimate of drug-likeness (QED) is 0.545. The summed E-state index contributed by atoms with van der Waals surface area (Å²) in [6.07, 6.45) is 2.02. The van der Waals surface area contributed by atoms with Gasteiger partial charge < -0.3 is 0 Å². The molecule has 0 radical (unpaired) electrons. The van der Waals surface area contributed by atoms with Crippen LogP contribution in [0.25, 0.3) is 0 Å².